The van der Waals surface area contributed by atoms with Crippen LogP contribution in [0.4, 0.5) is 10.2 Å². The second-order valence-corrected chi connectivity index (χ2v) is 10.9. The third kappa shape index (κ3) is 5.38. The number of hydrogen-bond acceptors (Lipinski definition) is 7. The molecule has 203 valence electrons. The number of nitrogens with two attached hydrogens (primary N) is 1. The van der Waals surface area contributed by atoms with E-state index in [2.05, 4.69) is 15.2 Å². The molecule has 0 saturated heterocycles. The van der Waals surface area contributed by atoms with E-state index in [1.807, 2.05) is 32.4 Å². The fraction of sp³-hybridized carbons (Fsp3) is 0.444. The van der Waals surface area contributed by atoms with Crippen LogP contribution < -0.4 is 11.2 Å². The van der Waals surface area contributed by atoms with E-state index < -0.39 is 23.7 Å². The van der Waals surface area contributed by atoms with Crippen molar-refractivity contribution in [2.24, 2.45) is 5.92 Å². The van der Waals surface area contributed by atoms with Crippen LogP contribution in [0.2, 0.25) is 6.82 Å². The molecule has 1 atom stereocenters. The van der Waals surface area contributed by atoms with Crippen LogP contribution in [0.1, 0.15) is 51.1 Å². The molecule has 1 radical (unpaired) electrons. The van der Waals surface area contributed by atoms with Gasteiger partial charge in [-0.15, -0.1) is 0 Å². The van der Waals surface area contributed by atoms with Crippen LogP contribution >= 0.6 is 0 Å². The molecule has 4 heterocycles. The highest BCUT2D eigenvalue weighted by molar-refractivity contribution is 6.54. The number of carboxylic acid groups (broad SMARTS) is 1. The van der Waals surface area contributed by atoms with Crippen LogP contribution in [-0.4, -0.2) is 64.6 Å². The Labute approximate surface area is 226 Å². The summed E-state index contributed by atoms with van der Waals surface area (Å²) in [5.41, 5.74) is 11.1. The summed E-state index contributed by atoms with van der Waals surface area (Å²) in [4.78, 5) is 20.7. The second kappa shape index (κ2) is 10.4. The average molecular weight is 532 g/mol. The molecular formula is C27H32BFN7O3. The number of nitrogens with zero attached hydrogens (tertiary/aromatic N) is 6. The summed E-state index contributed by atoms with van der Waals surface area (Å²) < 4.78 is 17.4. The van der Waals surface area contributed by atoms with Crippen molar-refractivity contribution in [1.29, 1.82) is 0 Å². The Morgan fingerprint density at radius 3 is 2.54 bits per heavy atom. The molecule has 1 saturated carbocycles. The van der Waals surface area contributed by atoms with E-state index in [9.17, 15) is 14.3 Å². The largest absolute Gasteiger partial charge is 0.479 e. The smallest absolute Gasteiger partial charge is 0.338 e. The van der Waals surface area contributed by atoms with E-state index in [4.69, 9.17) is 15.8 Å². The molecule has 4 aromatic heterocycles. The van der Waals surface area contributed by atoms with Gasteiger partial charge in [0.25, 0.3) is 0 Å². The summed E-state index contributed by atoms with van der Waals surface area (Å²) in [5.74, 6) is -1.35. The third-order valence-corrected chi connectivity index (χ3v) is 7.40. The minimum absolute atomic E-state index is 0.0458. The first-order valence-electron chi connectivity index (χ1n) is 13.1. The number of carbonyl (C=O) groups is 1. The lowest BCUT2D eigenvalue weighted by Gasteiger charge is -2.30. The molecule has 1 aliphatic carbocycles. The molecule has 4 aromatic rings. The number of anilines is 1. The number of hydrogen-bond donors (Lipinski definition) is 3. The van der Waals surface area contributed by atoms with Crippen molar-refractivity contribution in [3.63, 3.8) is 0 Å². The van der Waals surface area contributed by atoms with E-state index in [1.165, 1.54) is 0 Å². The van der Waals surface area contributed by atoms with Gasteiger partial charge in [-0.1, -0.05) is 12.9 Å². The summed E-state index contributed by atoms with van der Waals surface area (Å²) >= 11 is 0. The highest BCUT2D eigenvalue weighted by atomic mass is 19.1. The van der Waals surface area contributed by atoms with Crippen LogP contribution in [0, 0.1) is 5.92 Å². The number of aromatic nitrogens is 6. The first-order chi connectivity index (χ1) is 18.6. The topological polar surface area (TPSA) is 144 Å². The zero-order valence-corrected chi connectivity index (χ0v) is 22.3. The average Bonchev–Trinajstić information content (AvgIpc) is 3.54. The molecule has 39 heavy (non-hydrogen) atoms. The van der Waals surface area contributed by atoms with Crippen molar-refractivity contribution in [3.8, 4) is 22.4 Å². The number of nitrogen functional groups attached to an aromatic ring is 1. The molecule has 1 fully saturated rings. The maximum Gasteiger partial charge on any atom is 0.338 e. The molecule has 12 heteroatoms. The van der Waals surface area contributed by atoms with Gasteiger partial charge in [0.15, 0.2) is 19.1 Å². The standard InChI is InChI=1S/C27H32BFN7O3/c1-27(2,39)14-35-13-18(11-32-35)20-9-8-17(10-31-20)19-12-33-36-24(30)21(28-3)23(34-25(19)36)16-6-4-15(5-7-16)22(29)26(37)38/h8-13,15-16,22,39H,4-7,14,30H2,1-3H3,(H,37,38). The maximum absolute atomic E-state index is 14.1. The summed E-state index contributed by atoms with van der Waals surface area (Å²) in [5, 5.41) is 27.9. The number of aliphatic hydroxyl groups is 1. The molecule has 0 aliphatic heterocycles. The van der Waals surface area contributed by atoms with Crippen LogP contribution in [0.15, 0.2) is 36.9 Å². The molecular weight excluding hydrogens is 500 g/mol. The van der Waals surface area contributed by atoms with Crippen molar-refractivity contribution in [1.82, 2.24) is 29.4 Å². The number of aliphatic carboxylic acids is 1. The van der Waals surface area contributed by atoms with Gasteiger partial charge in [-0.25, -0.2) is 14.2 Å². The first kappa shape index (κ1) is 26.8. The lowest BCUT2D eigenvalue weighted by atomic mass is 9.68. The fourth-order valence-electron chi connectivity index (χ4n) is 5.45. The maximum atomic E-state index is 14.1. The number of carboxylic acids is 1. The SMILES string of the molecule is C[B]c1c(C2CCC(C(F)C(=O)O)CC2)nc2c(-c3ccc(-c4cnn(CC(C)(C)O)c4)nc3)cnn2c1N. The number of pyridine rings is 1. The number of alkyl halides is 1. The summed E-state index contributed by atoms with van der Waals surface area (Å²) in [6, 6.07) is 3.85. The third-order valence-electron chi connectivity index (χ3n) is 7.40. The fourth-order valence-corrected chi connectivity index (χ4v) is 5.45. The summed E-state index contributed by atoms with van der Waals surface area (Å²) in [6.45, 7) is 5.73. The molecule has 5 rings (SSSR count). The van der Waals surface area contributed by atoms with Crippen molar-refractivity contribution in [2.75, 3.05) is 5.73 Å². The summed E-state index contributed by atoms with van der Waals surface area (Å²) in [6.07, 6.45) is 7.46. The van der Waals surface area contributed by atoms with Crippen molar-refractivity contribution >= 4 is 30.2 Å². The molecule has 0 aromatic carbocycles. The second-order valence-electron chi connectivity index (χ2n) is 10.9. The van der Waals surface area contributed by atoms with Crippen LogP contribution in [-0.2, 0) is 11.3 Å². The van der Waals surface area contributed by atoms with Crippen molar-refractivity contribution < 1.29 is 19.4 Å². The lowest BCUT2D eigenvalue weighted by Crippen LogP contribution is -2.32. The highest BCUT2D eigenvalue weighted by Gasteiger charge is 2.34. The Hall–Kier alpha value is -3.80. The van der Waals surface area contributed by atoms with E-state index in [0.29, 0.717) is 43.7 Å². The zero-order valence-electron chi connectivity index (χ0n) is 22.3. The molecule has 10 nitrogen and oxygen atoms in total. The first-order valence-corrected chi connectivity index (χ1v) is 13.1. The normalized spacial score (nSPS) is 18.8. The van der Waals surface area contributed by atoms with Gasteiger partial charge in [-0.3, -0.25) is 9.67 Å². The van der Waals surface area contributed by atoms with Gasteiger partial charge in [-0.05, 0) is 51.1 Å². The predicted octanol–water partition coefficient (Wildman–Crippen LogP) is 3.08. The minimum atomic E-state index is -1.84. The number of rotatable bonds is 8. The molecule has 0 spiro atoms. The minimum Gasteiger partial charge on any atom is -0.479 e. The molecule has 0 bridgehead atoms. The van der Waals surface area contributed by atoms with E-state index in [0.717, 1.165) is 33.5 Å². The Kier molecular flexibility index (Phi) is 7.15. The number of fused-ring (bicyclic) bond motifs is 1. The van der Waals surface area contributed by atoms with Gasteiger partial charge in [0.05, 0.1) is 30.2 Å². The van der Waals surface area contributed by atoms with Crippen molar-refractivity contribution in [2.45, 2.75) is 70.6 Å². The molecule has 0 amide bonds. The molecule has 1 unspecified atom stereocenters. The molecule has 1 aliphatic rings. The summed E-state index contributed by atoms with van der Waals surface area (Å²) in [7, 11) is 1.91. The molecule has 4 N–H and O–H groups in total. The Morgan fingerprint density at radius 2 is 1.92 bits per heavy atom. The van der Waals surface area contributed by atoms with Gasteiger partial charge in [0.2, 0.25) is 0 Å². The Balaban J connectivity index is 1.43. The van der Waals surface area contributed by atoms with E-state index in [-0.39, 0.29) is 5.92 Å². The van der Waals surface area contributed by atoms with Crippen molar-refractivity contribution in [3.05, 3.63) is 42.6 Å². The van der Waals surface area contributed by atoms with Gasteiger partial charge < -0.3 is 15.9 Å². The predicted molar refractivity (Wildman–Crippen MR) is 147 cm³/mol. The Bertz CT molecular complexity index is 1490. The highest BCUT2D eigenvalue weighted by Crippen LogP contribution is 2.38. The Morgan fingerprint density at radius 1 is 1.18 bits per heavy atom. The van der Waals surface area contributed by atoms with Crippen LogP contribution in [0.25, 0.3) is 28.0 Å². The van der Waals surface area contributed by atoms with Gasteiger partial charge in [0, 0.05) is 46.6 Å². The quantitative estimate of drug-likeness (QED) is 0.294. The van der Waals surface area contributed by atoms with Gasteiger partial charge in [0.1, 0.15) is 5.82 Å². The van der Waals surface area contributed by atoms with E-state index >= 15 is 0 Å². The lowest BCUT2D eigenvalue weighted by molar-refractivity contribution is -0.145. The van der Waals surface area contributed by atoms with E-state index in [1.54, 1.807) is 41.6 Å². The van der Waals surface area contributed by atoms with Gasteiger partial charge in [-0.2, -0.15) is 14.7 Å². The van der Waals surface area contributed by atoms with Crippen LogP contribution in [0.5, 0.6) is 0 Å². The number of halogens is 1. The monoisotopic (exact) mass is 532 g/mol. The van der Waals surface area contributed by atoms with Crippen LogP contribution in [0.3, 0.4) is 0 Å². The van der Waals surface area contributed by atoms with Gasteiger partial charge >= 0.3 is 5.97 Å². The zero-order chi connectivity index (χ0) is 27.9.